The molecule has 0 aliphatic carbocycles. The van der Waals surface area contributed by atoms with Crippen LogP contribution < -0.4 is 0 Å². The average molecular weight is 640 g/mol. The van der Waals surface area contributed by atoms with Gasteiger partial charge in [-0.15, -0.1) is 6.16 Å². The first-order chi connectivity index (χ1) is 21.3. The first-order valence-corrected chi connectivity index (χ1v) is 20.5. The van der Waals surface area contributed by atoms with Crippen LogP contribution in [0.2, 0.25) is 0 Å². The van der Waals surface area contributed by atoms with Crippen molar-refractivity contribution in [2.75, 3.05) is 40.5 Å². The molecule has 0 radical (unpaired) electrons. The third-order valence-corrected chi connectivity index (χ3v) is 9.91. The van der Waals surface area contributed by atoms with E-state index < -0.39 is 5.92 Å². The standard InChI is InChI=1S/C39H78NO3P/c1-6-8-10-12-14-16-18-20-22-24-26-28-30-32-38(41)37(36-44-43-35-34-40(3,4)5)39(42)33-31-29-27-25-23-21-19-17-15-13-11-9-7-2/h37H,6-36H2,1-5H3. The Bertz CT molecular complexity index is 591. The molecule has 0 unspecified atom stereocenters. The maximum Gasteiger partial charge on any atom is 0.140 e. The van der Waals surface area contributed by atoms with Gasteiger partial charge in [-0.3, -0.25) is 9.59 Å². The van der Waals surface area contributed by atoms with E-state index in [0.717, 1.165) is 45.5 Å². The van der Waals surface area contributed by atoms with Crippen LogP contribution in [0.3, 0.4) is 0 Å². The van der Waals surface area contributed by atoms with E-state index in [1.807, 2.05) is 0 Å². The third kappa shape index (κ3) is 31.7. The maximum absolute atomic E-state index is 13.2. The summed E-state index contributed by atoms with van der Waals surface area (Å²) in [7, 11) is 7.25. The molecule has 0 N–H and O–H groups in total. The number of ketones is 2. The van der Waals surface area contributed by atoms with Crippen LogP contribution in [0.1, 0.15) is 194 Å². The van der Waals surface area contributed by atoms with Gasteiger partial charge < -0.3 is 17.8 Å². The van der Waals surface area contributed by atoms with Crippen LogP contribution >= 0.6 is 8.81 Å². The van der Waals surface area contributed by atoms with Gasteiger partial charge in [0.05, 0.1) is 40.2 Å². The number of nitrogens with zero attached hydrogens (tertiary/aromatic N) is 1. The lowest BCUT2D eigenvalue weighted by molar-refractivity contribution is -0.870. The topological polar surface area (TPSA) is 43.4 Å². The number of unbranched alkanes of at least 4 members (excludes halogenated alkanes) is 24. The minimum atomic E-state index is -0.463. The summed E-state index contributed by atoms with van der Waals surface area (Å²) < 4.78 is 6.69. The number of Topliss-reactive ketones (excluding diaryl/α,β-unsaturated/α-hetero) is 2. The molecule has 0 bridgehead atoms. The number of carbonyl (C=O) groups is 2. The van der Waals surface area contributed by atoms with Crippen molar-refractivity contribution in [2.24, 2.45) is 5.92 Å². The van der Waals surface area contributed by atoms with Crippen molar-refractivity contribution in [1.29, 1.82) is 0 Å². The predicted molar refractivity (Wildman–Crippen MR) is 195 cm³/mol. The molecule has 0 fully saturated rings. The van der Waals surface area contributed by atoms with E-state index in [-0.39, 0.29) is 11.6 Å². The van der Waals surface area contributed by atoms with Crippen LogP contribution in [-0.2, 0) is 14.1 Å². The highest BCUT2D eigenvalue weighted by molar-refractivity contribution is 7.32. The summed E-state index contributed by atoms with van der Waals surface area (Å²) in [6, 6.07) is 0. The molecule has 0 aromatic rings. The number of hydrogen-bond donors (Lipinski definition) is 0. The molecule has 0 aromatic heterocycles. The van der Waals surface area contributed by atoms with Gasteiger partial charge in [-0.25, -0.2) is 0 Å². The van der Waals surface area contributed by atoms with E-state index in [1.165, 1.54) is 141 Å². The van der Waals surface area contributed by atoms with Crippen molar-refractivity contribution >= 4 is 20.4 Å². The molecule has 262 valence electrons. The number of rotatable bonds is 36. The van der Waals surface area contributed by atoms with E-state index in [0.29, 0.717) is 25.6 Å². The first kappa shape index (κ1) is 43.7. The Kier molecular flexibility index (Phi) is 32.4. The molecule has 0 aliphatic heterocycles. The molecule has 0 heterocycles. The average Bonchev–Trinajstić information content (AvgIpc) is 2.98. The lowest BCUT2D eigenvalue weighted by Crippen LogP contribution is -2.37. The van der Waals surface area contributed by atoms with E-state index >= 15 is 0 Å². The molecule has 5 heteroatoms. The van der Waals surface area contributed by atoms with Gasteiger partial charge in [0, 0.05) is 12.8 Å². The molecule has 0 rings (SSSR count). The molecule has 0 amide bonds. The van der Waals surface area contributed by atoms with Gasteiger partial charge in [0.15, 0.2) is 0 Å². The molecule has 4 nitrogen and oxygen atoms in total. The second-order valence-corrected chi connectivity index (χ2v) is 15.5. The van der Waals surface area contributed by atoms with Crippen LogP contribution in [0.5, 0.6) is 0 Å². The van der Waals surface area contributed by atoms with E-state index in [2.05, 4.69) is 35.0 Å². The van der Waals surface area contributed by atoms with E-state index in [4.69, 9.17) is 4.52 Å². The van der Waals surface area contributed by atoms with Gasteiger partial charge >= 0.3 is 0 Å². The highest BCUT2D eigenvalue weighted by atomic mass is 31.1. The summed E-state index contributed by atoms with van der Waals surface area (Å²) in [6.07, 6.45) is 35.5. The Morgan fingerprint density at radius 2 is 0.795 bits per heavy atom. The minimum absolute atomic E-state index is 0.162. The van der Waals surface area contributed by atoms with Gasteiger partial charge in [0.1, 0.15) is 11.6 Å². The van der Waals surface area contributed by atoms with Crippen molar-refractivity contribution < 1.29 is 18.6 Å². The molecular formula is C39H78NO3P. The molecule has 0 saturated carbocycles. The van der Waals surface area contributed by atoms with Crippen molar-refractivity contribution in [3.05, 3.63) is 0 Å². The number of quaternary nitrogens is 1. The smallest absolute Gasteiger partial charge is 0.140 e. The van der Waals surface area contributed by atoms with Crippen LogP contribution in [-0.4, -0.2) is 56.5 Å². The van der Waals surface area contributed by atoms with Crippen LogP contribution in [0.25, 0.3) is 0 Å². The lowest BCUT2D eigenvalue weighted by atomic mass is 9.93. The van der Waals surface area contributed by atoms with Crippen LogP contribution in [0.15, 0.2) is 0 Å². The molecule has 44 heavy (non-hydrogen) atoms. The summed E-state index contributed by atoms with van der Waals surface area (Å²) >= 11 is 0. The second kappa shape index (κ2) is 32.6. The lowest BCUT2D eigenvalue weighted by Gasteiger charge is -2.28. The van der Waals surface area contributed by atoms with E-state index in [1.54, 1.807) is 0 Å². The zero-order valence-corrected chi connectivity index (χ0v) is 31.5. The Labute approximate surface area is 278 Å². The largest absolute Gasteiger partial charge is 0.553 e. The SMILES string of the molecule is CCCCCCCCCCCCCCCC(=O)C(C[P-]OCC[N+](C)(C)C)C(=O)CCCCCCCCCCCCCCC. The van der Waals surface area contributed by atoms with Crippen LogP contribution in [0.4, 0.5) is 0 Å². The van der Waals surface area contributed by atoms with Gasteiger partial charge in [0.25, 0.3) is 0 Å². The summed E-state index contributed by atoms with van der Waals surface area (Å²) in [5.41, 5.74) is 0. The summed E-state index contributed by atoms with van der Waals surface area (Å²) in [5, 5.41) is 0. The monoisotopic (exact) mass is 640 g/mol. The fourth-order valence-corrected chi connectivity index (χ4v) is 6.74. The summed E-state index contributed by atoms with van der Waals surface area (Å²) in [6.45, 7) is 6.15. The molecule has 0 spiro atoms. The number of carbonyl (C=O) groups excluding carboxylic acids is 2. The first-order valence-electron chi connectivity index (χ1n) is 19.5. The van der Waals surface area contributed by atoms with Crippen LogP contribution in [0, 0.1) is 5.92 Å². The highest BCUT2D eigenvalue weighted by Gasteiger charge is 2.22. The zero-order chi connectivity index (χ0) is 32.6. The Morgan fingerprint density at radius 1 is 0.500 bits per heavy atom. The van der Waals surface area contributed by atoms with Crippen molar-refractivity contribution in [1.82, 2.24) is 0 Å². The zero-order valence-electron chi connectivity index (χ0n) is 30.6. The fourth-order valence-electron chi connectivity index (χ4n) is 5.87. The Hall–Kier alpha value is -0.310. The quantitative estimate of drug-likeness (QED) is 0.0296. The Balaban J connectivity index is 4.16. The maximum atomic E-state index is 13.2. The normalized spacial score (nSPS) is 12.2. The third-order valence-electron chi connectivity index (χ3n) is 9.03. The Morgan fingerprint density at radius 3 is 1.09 bits per heavy atom. The van der Waals surface area contributed by atoms with Gasteiger partial charge in [-0.1, -0.05) is 168 Å². The number of hydrogen-bond acceptors (Lipinski definition) is 3. The molecular weight excluding hydrogens is 561 g/mol. The van der Waals surface area contributed by atoms with Gasteiger partial charge in [0.2, 0.25) is 0 Å². The van der Waals surface area contributed by atoms with Gasteiger partial charge in [-0.2, -0.15) is 0 Å². The van der Waals surface area contributed by atoms with Crippen molar-refractivity contribution in [2.45, 2.75) is 194 Å². The molecule has 0 saturated heterocycles. The fraction of sp³-hybridized carbons (Fsp3) is 0.949. The molecule has 0 atom stereocenters. The highest BCUT2D eigenvalue weighted by Crippen LogP contribution is 2.23. The molecule has 0 aliphatic rings. The minimum Gasteiger partial charge on any atom is -0.553 e. The van der Waals surface area contributed by atoms with Crippen molar-refractivity contribution in [3.8, 4) is 0 Å². The summed E-state index contributed by atoms with van der Waals surface area (Å²) in [5.74, 6) is -0.138. The van der Waals surface area contributed by atoms with Gasteiger partial charge in [-0.05, 0) is 12.8 Å². The van der Waals surface area contributed by atoms with Crippen molar-refractivity contribution in [3.63, 3.8) is 0 Å². The number of likely N-dealkylation sites (N-methyl/N-ethyl adjacent to an activating group) is 1. The molecule has 0 aromatic carbocycles. The second-order valence-electron chi connectivity index (χ2n) is 14.6. The summed E-state index contributed by atoms with van der Waals surface area (Å²) in [4.78, 5) is 26.3. The van der Waals surface area contributed by atoms with E-state index in [9.17, 15) is 9.59 Å². The predicted octanol–water partition coefficient (Wildman–Crippen LogP) is 12.3.